The molecule has 0 aliphatic carbocycles. The first kappa shape index (κ1) is 34.0. The van der Waals surface area contributed by atoms with E-state index in [1.807, 2.05) is 0 Å². The molecular formula is C26H41N7O9. The molecule has 2 aliphatic heterocycles. The predicted molar refractivity (Wildman–Crippen MR) is 146 cm³/mol. The van der Waals surface area contributed by atoms with E-state index in [4.69, 9.17) is 4.74 Å². The Labute approximate surface area is 243 Å². The van der Waals surface area contributed by atoms with Crippen LogP contribution in [-0.4, -0.2) is 91.8 Å². The average molecular weight is 596 g/mol. The van der Waals surface area contributed by atoms with Crippen molar-refractivity contribution < 1.29 is 43.1 Å². The van der Waals surface area contributed by atoms with E-state index in [2.05, 4.69) is 37.2 Å². The predicted octanol–water partition coefficient (Wildman–Crippen LogP) is -2.01. The Kier molecular flexibility index (Phi) is 14.2. The van der Waals surface area contributed by atoms with Crippen LogP contribution >= 0.6 is 0 Å². The summed E-state index contributed by atoms with van der Waals surface area (Å²) in [7, 11) is 1.43. The maximum Gasteiger partial charge on any atom is 0.415 e. The van der Waals surface area contributed by atoms with Gasteiger partial charge in [-0.1, -0.05) is 0 Å². The van der Waals surface area contributed by atoms with Gasteiger partial charge in [-0.05, 0) is 51.4 Å². The van der Waals surface area contributed by atoms with Gasteiger partial charge in [0.2, 0.25) is 35.4 Å². The van der Waals surface area contributed by atoms with E-state index < -0.39 is 59.9 Å². The van der Waals surface area contributed by atoms with Crippen LogP contribution < -0.4 is 37.2 Å². The standard InChI is InChI=1S/C26H41N7O9/c1-15(34)30-17-9-11-20(35)29-14-6-4-8-19(32-23(17)38)25(40)42-26(41)33-18-10-12-21(36)28-13-5-3-7-16(22(37)27-2)31-24(18)39/h16-19H,3-14H2,1-2H3,(H,27,37)(H,28,36)(H,29,35)(H,30,34)(H,31,39)(H,32,38)(H,33,41)/t16-,17-,18-,19-/m0/s1. The van der Waals surface area contributed by atoms with E-state index in [1.54, 1.807) is 0 Å². The normalized spacial score (nSPS) is 25.1. The van der Waals surface area contributed by atoms with Crippen LogP contribution in [0.25, 0.3) is 0 Å². The molecule has 0 bridgehead atoms. The molecule has 0 saturated carbocycles. The van der Waals surface area contributed by atoms with Crippen LogP contribution in [0, 0.1) is 0 Å². The van der Waals surface area contributed by atoms with Crippen molar-refractivity contribution in [3.63, 3.8) is 0 Å². The van der Waals surface area contributed by atoms with Gasteiger partial charge in [0, 0.05) is 39.9 Å². The maximum absolute atomic E-state index is 13.0. The van der Waals surface area contributed by atoms with Crippen molar-refractivity contribution >= 4 is 47.5 Å². The topological polar surface area (TPSA) is 230 Å². The number of carbonyl (C=O) groups is 8. The molecule has 2 heterocycles. The molecule has 7 amide bonds. The molecule has 16 nitrogen and oxygen atoms in total. The highest BCUT2D eigenvalue weighted by molar-refractivity contribution is 5.95. The number of hydrogen-bond acceptors (Lipinski definition) is 9. The fourth-order valence-corrected chi connectivity index (χ4v) is 4.48. The SMILES string of the molecule is CNC(=O)[C@@H]1CCCCNC(=O)CC[C@H](NC(=O)OC(=O)[C@@H]2CCCCNC(=O)CC[C@H](NC(C)=O)C(=O)N2)C(=O)N1. The van der Waals surface area contributed by atoms with Crippen LogP contribution in [0.3, 0.4) is 0 Å². The maximum atomic E-state index is 13.0. The number of esters is 1. The first-order chi connectivity index (χ1) is 20.0. The van der Waals surface area contributed by atoms with Crippen molar-refractivity contribution in [2.75, 3.05) is 20.1 Å². The average Bonchev–Trinajstić information content (AvgIpc) is 2.93. The number of carbonyl (C=O) groups excluding carboxylic acids is 8. The first-order valence-electron chi connectivity index (χ1n) is 14.1. The smallest absolute Gasteiger partial charge is 0.375 e. The zero-order valence-electron chi connectivity index (χ0n) is 24.0. The van der Waals surface area contributed by atoms with Crippen molar-refractivity contribution in [3.8, 4) is 0 Å². The summed E-state index contributed by atoms with van der Waals surface area (Å²) >= 11 is 0. The molecule has 0 aromatic rings. The third kappa shape index (κ3) is 12.1. The lowest BCUT2D eigenvalue weighted by molar-refractivity contribution is -0.143. The number of rotatable bonds is 4. The van der Waals surface area contributed by atoms with E-state index in [1.165, 1.54) is 14.0 Å². The fraction of sp³-hybridized carbons (Fsp3) is 0.692. The molecule has 2 aliphatic rings. The quantitative estimate of drug-likeness (QED) is 0.140. The lowest BCUT2D eigenvalue weighted by Gasteiger charge is -2.24. The Morgan fingerprint density at radius 1 is 0.714 bits per heavy atom. The van der Waals surface area contributed by atoms with E-state index in [-0.39, 0.29) is 43.9 Å². The molecule has 2 saturated heterocycles. The second kappa shape index (κ2) is 17.5. The Balaban J connectivity index is 2.11. The van der Waals surface area contributed by atoms with Crippen LogP contribution in [0.1, 0.15) is 71.1 Å². The van der Waals surface area contributed by atoms with E-state index in [0.29, 0.717) is 45.2 Å². The van der Waals surface area contributed by atoms with Crippen LogP contribution in [0.15, 0.2) is 0 Å². The Morgan fingerprint density at radius 2 is 1.21 bits per heavy atom. The van der Waals surface area contributed by atoms with Gasteiger partial charge in [0.1, 0.15) is 24.2 Å². The van der Waals surface area contributed by atoms with Crippen molar-refractivity contribution in [2.45, 2.75) is 95.3 Å². The number of amides is 7. The van der Waals surface area contributed by atoms with Crippen LogP contribution in [0.2, 0.25) is 0 Å². The van der Waals surface area contributed by atoms with Crippen molar-refractivity contribution in [2.24, 2.45) is 0 Å². The molecule has 42 heavy (non-hydrogen) atoms. The second-order valence-electron chi connectivity index (χ2n) is 10.2. The Morgan fingerprint density at radius 3 is 1.74 bits per heavy atom. The number of nitrogens with one attached hydrogen (secondary N) is 7. The molecule has 0 spiro atoms. The summed E-state index contributed by atoms with van der Waals surface area (Å²) in [5.74, 6) is -4.10. The van der Waals surface area contributed by atoms with Crippen LogP contribution in [0.4, 0.5) is 4.79 Å². The third-order valence-electron chi connectivity index (χ3n) is 6.78. The first-order valence-corrected chi connectivity index (χ1v) is 14.1. The summed E-state index contributed by atoms with van der Waals surface area (Å²) < 4.78 is 4.92. The largest absolute Gasteiger partial charge is 0.415 e. The third-order valence-corrected chi connectivity index (χ3v) is 6.78. The molecule has 16 heteroatoms. The van der Waals surface area contributed by atoms with Gasteiger partial charge < -0.3 is 42.0 Å². The molecule has 0 radical (unpaired) electrons. The van der Waals surface area contributed by atoms with E-state index >= 15 is 0 Å². The molecule has 0 aromatic heterocycles. The highest BCUT2D eigenvalue weighted by Crippen LogP contribution is 2.09. The zero-order valence-corrected chi connectivity index (χ0v) is 24.0. The summed E-state index contributed by atoms with van der Waals surface area (Å²) in [6.45, 7) is 1.93. The fourth-order valence-electron chi connectivity index (χ4n) is 4.48. The van der Waals surface area contributed by atoms with Crippen molar-refractivity contribution in [1.82, 2.24) is 37.2 Å². The molecule has 4 atom stereocenters. The molecule has 0 aromatic carbocycles. The number of hydrogen-bond donors (Lipinski definition) is 7. The minimum absolute atomic E-state index is 0.0130. The molecule has 2 rings (SSSR count). The van der Waals surface area contributed by atoms with Gasteiger partial charge in [0.25, 0.3) is 0 Å². The summed E-state index contributed by atoms with van der Waals surface area (Å²) in [4.78, 5) is 99.5. The van der Waals surface area contributed by atoms with Gasteiger partial charge in [-0.25, -0.2) is 9.59 Å². The lowest BCUT2D eigenvalue weighted by Crippen LogP contribution is -2.55. The van der Waals surface area contributed by atoms with Crippen molar-refractivity contribution in [1.29, 1.82) is 0 Å². The van der Waals surface area contributed by atoms with Gasteiger partial charge in [-0.2, -0.15) is 0 Å². The molecule has 7 N–H and O–H groups in total. The number of ether oxygens (including phenoxy) is 1. The summed E-state index contributed by atoms with van der Waals surface area (Å²) in [5.41, 5.74) is 0. The van der Waals surface area contributed by atoms with Gasteiger partial charge in [0.05, 0.1) is 0 Å². The molecule has 2 fully saturated rings. The van der Waals surface area contributed by atoms with Crippen molar-refractivity contribution in [3.05, 3.63) is 0 Å². The van der Waals surface area contributed by atoms with Gasteiger partial charge >= 0.3 is 12.1 Å². The molecular weight excluding hydrogens is 554 g/mol. The minimum atomic E-state index is -1.30. The van der Waals surface area contributed by atoms with Gasteiger partial charge in [0.15, 0.2) is 0 Å². The molecule has 0 unspecified atom stereocenters. The van der Waals surface area contributed by atoms with E-state index in [0.717, 1.165) is 0 Å². The second-order valence-corrected chi connectivity index (χ2v) is 10.2. The summed E-state index contributed by atoms with van der Waals surface area (Å²) in [5, 5.41) is 17.7. The Hall–Kier alpha value is -4.24. The highest BCUT2D eigenvalue weighted by Gasteiger charge is 2.32. The number of likely N-dealkylation sites (N-methyl/N-ethyl adjacent to an activating group) is 1. The highest BCUT2D eigenvalue weighted by atomic mass is 16.6. The van der Waals surface area contributed by atoms with Gasteiger partial charge in [-0.15, -0.1) is 0 Å². The van der Waals surface area contributed by atoms with E-state index in [9.17, 15) is 38.4 Å². The monoisotopic (exact) mass is 595 g/mol. The van der Waals surface area contributed by atoms with Crippen LogP contribution in [0.5, 0.6) is 0 Å². The zero-order chi connectivity index (χ0) is 31.1. The van der Waals surface area contributed by atoms with Gasteiger partial charge in [-0.3, -0.25) is 28.8 Å². The number of alkyl carbamates (subject to hydrolysis) is 1. The molecule has 234 valence electrons. The Bertz CT molecular complexity index is 1040. The lowest BCUT2D eigenvalue weighted by atomic mass is 10.1. The summed E-state index contributed by atoms with van der Waals surface area (Å²) in [6.07, 6.45) is 0.840. The summed E-state index contributed by atoms with van der Waals surface area (Å²) in [6, 6.07) is -4.53. The minimum Gasteiger partial charge on any atom is -0.375 e. The van der Waals surface area contributed by atoms with Crippen LogP contribution in [-0.2, 0) is 38.3 Å².